The largest absolute Gasteiger partial charge is 0.302 e. The Labute approximate surface area is 44.9 Å². The molecule has 0 unspecified atom stereocenters. The van der Waals surface area contributed by atoms with Crippen LogP contribution >= 0.6 is 15.9 Å². The van der Waals surface area contributed by atoms with Gasteiger partial charge in [-0.15, -0.1) is 0 Å². The number of alkyl halides is 1. The zero-order chi connectivity index (χ0) is 4.62. The highest BCUT2D eigenvalue weighted by molar-refractivity contribution is 9.10. The molecule has 0 aromatic rings. The van der Waals surface area contributed by atoms with Gasteiger partial charge < -0.3 is 4.79 Å². The van der Waals surface area contributed by atoms with Gasteiger partial charge in [-0.2, -0.15) is 0 Å². The van der Waals surface area contributed by atoms with Crippen LogP contribution in [-0.2, 0) is 4.79 Å². The fourth-order valence-electron chi connectivity index (χ4n) is 0.237. The van der Waals surface area contributed by atoms with Crippen LogP contribution in [0.5, 0.6) is 0 Å². The number of carbonyl (C=O) groups is 1. The van der Waals surface area contributed by atoms with Gasteiger partial charge in [-0.25, -0.2) is 0 Å². The summed E-state index contributed by atoms with van der Waals surface area (Å²) < 4.78 is -0.0764. The average molecular weight is 149 g/mol. The van der Waals surface area contributed by atoms with E-state index in [2.05, 4.69) is 15.9 Å². The second kappa shape index (κ2) is 1.06. The van der Waals surface area contributed by atoms with E-state index in [1.165, 1.54) is 0 Å². The molecule has 1 aliphatic carbocycles. The molecule has 0 aromatic heterocycles. The molecule has 0 saturated heterocycles. The van der Waals surface area contributed by atoms with Gasteiger partial charge >= 0.3 is 0 Å². The van der Waals surface area contributed by atoms with Crippen molar-refractivity contribution < 1.29 is 4.79 Å². The normalized spacial score (nSPS) is 26.2. The molecule has 1 rings (SSSR count). The minimum absolute atomic E-state index is 0.0764. The molecule has 0 N–H and O–H groups in total. The Kier molecular flexibility index (Phi) is 0.761. The van der Waals surface area contributed by atoms with Crippen molar-refractivity contribution in [3.05, 3.63) is 0 Å². The summed E-state index contributed by atoms with van der Waals surface area (Å²) in [5.74, 6) is 0. The summed E-state index contributed by atoms with van der Waals surface area (Å²) in [6, 6.07) is 0. The number of rotatable bonds is 1. The van der Waals surface area contributed by atoms with Crippen LogP contribution in [0.3, 0.4) is 0 Å². The van der Waals surface area contributed by atoms with E-state index in [0.29, 0.717) is 0 Å². The first-order valence-electron chi connectivity index (χ1n) is 1.92. The number of hydrogen-bond donors (Lipinski definition) is 0. The van der Waals surface area contributed by atoms with Crippen LogP contribution in [0.2, 0.25) is 0 Å². The number of carbonyl (C=O) groups excluding carboxylic acids is 1. The molecule has 0 atom stereocenters. The summed E-state index contributed by atoms with van der Waals surface area (Å²) in [6.07, 6.45) is 3.01. The van der Waals surface area contributed by atoms with Crippen LogP contribution in [0, 0.1) is 0 Å². The second-order valence-electron chi connectivity index (χ2n) is 1.65. The van der Waals surface area contributed by atoms with E-state index >= 15 is 0 Å². The van der Waals surface area contributed by atoms with Gasteiger partial charge in [0.25, 0.3) is 0 Å². The lowest BCUT2D eigenvalue weighted by Crippen LogP contribution is -1.94. The fraction of sp³-hybridized carbons (Fsp3) is 0.750. The zero-order valence-electron chi connectivity index (χ0n) is 3.28. The van der Waals surface area contributed by atoms with Crippen molar-refractivity contribution in [1.82, 2.24) is 0 Å². The maximum absolute atomic E-state index is 9.84. The van der Waals surface area contributed by atoms with Crippen molar-refractivity contribution in [2.24, 2.45) is 0 Å². The van der Waals surface area contributed by atoms with Crippen LogP contribution in [0.1, 0.15) is 12.8 Å². The smallest absolute Gasteiger partial charge is 0.136 e. The summed E-state index contributed by atoms with van der Waals surface area (Å²) in [5.41, 5.74) is 0. The van der Waals surface area contributed by atoms with Crippen molar-refractivity contribution >= 4 is 22.2 Å². The van der Waals surface area contributed by atoms with E-state index in [1.807, 2.05) is 0 Å². The Morgan fingerprint density at radius 2 is 2.17 bits per heavy atom. The molecule has 2 heteroatoms. The number of aldehydes is 1. The lowest BCUT2D eigenvalue weighted by molar-refractivity contribution is -0.107. The highest BCUT2D eigenvalue weighted by atomic mass is 79.9. The Morgan fingerprint density at radius 1 is 1.67 bits per heavy atom. The van der Waals surface area contributed by atoms with Gasteiger partial charge in [-0.3, -0.25) is 0 Å². The van der Waals surface area contributed by atoms with E-state index in [1.54, 1.807) is 0 Å². The van der Waals surface area contributed by atoms with Crippen LogP contribution < -0.4 is 0 Å². The minimum Gasteiger partial charge on any atom is -0.302 e. The molecule has 0 heterocycles. The molecule has 1 nitrogen and oxygen atoms in total. The highest BCUT2D eigenvalue weighted by Crippen LogP contribution is 2.41. The average Bonchev–Trinajstić information content (AvgIpc) is 2.22. The second-order valence-corrected chi connectivity index (χ2v) is 3.23. The Hall–Kier alpha value is 0.150. The number of halogens is 1. The van der Waals surface area contributed by atoms with Gasteiger partial charge in [0, 0.05) is 0 Å². The van der Waals surface area contributed by atoms with Crippen LogP contribution in [0.25, 0.3) is 0 Å². The van der Waals surface area contributed by atoms with E-state index in [0.717, 1.165) is 19.1 Å². The molecule has 0 spiro atoms. The fourth-order valence-corrected chi connectivity index (χ4v) is 0.436. The maximum Gasteiger partial charge on any atom is 0.136 e. The van der Waals surface area contributed by atoms with E-state index < -0.39 is 0 Å². The van der Waals surface area contributed by atoms with Crippen LogP contribution in [0.4, 0.5) is 0 Å². The van der Waals surface area contributed by atoms with Crippen molar-refractivity contribution in [1.29, 1.82) is 0 Å². The first kappa shape index (κ1) is 4.31. The predicted octanol–water partition coefficient (Wildman–Crippen LogP) is 1.11. The van der Waals surface area contributed by atoms with E-state index in [-0.39, 0.29) is 4.32 Å². The molecule has 0 amide bonds. The van der Waals surface area contributed by atoms with Gasteiger partial charge in [0.2, 0.25) is 0 Å². The standard InChI is InChI=1S/C4H5BrO/c5-4(3-6)1-2-4/h3H,1-2H2. The van der Waals surface area contributed by atoms with Crippen LogP contribution in [0.15, 0.2) is 0 Å². The SMILES string of the molecule is O=CC1(Br)CC1. The zero-order valence-corrected chi connectivity index (χ0v) is 4.86. The summed E-state index contributed by atoms with van der Waals surface area (Å²) in [5, 5.41) is 0. The van der Waals surface area contributed by atoms with Crippen LogP contribution in [-0.4, -0.2) is 10.6 Å². The first-order chi connectivity index (χ1) is 2.77. The van der Waals surface area contributed by atoms with Gasteiger partial charge in [-0.05, 0) is 12.8 Å². The van der Waals surface area contributed by atoms with Crippen molar-refractivity contribution in [2.75, 3.05) is 0 Å². The maximum atomic E-state index is 9.84. The van der Waals surface area contributed by atoms with Gasteiger partial charge in [0.05, 0.1) is 4.32 Å². The third-order valence-corrected chi connectivity index (χ3v) is 1.92. The molecule has 1 aliphatic rings. The van der Waals surface area contributed by atoms with Gasteiger partial charge in [0.1, 0.15) is 6.29 Å². The molecular formula is C4H5BrO. The summed E-state index contributed by atoms with van der Waals surface area (Å²) in [4.78, 5) is 9.84. The Bertz CT molecular complexity index is 75.6. The summed E-state index contributed by atoms with van der Waals surface area (Å²) >= 11 is 3.22. The predicted molar refractivity (Wildman–Crippen MR) is 27.0 cm³/mol. The third-order valence-electron chi connectivity index (χ3n) is 0.939. The van der Waals surface area contributed by atoms with Crippen molar-refractivity contribution in [3.8, 4) is 0 Å². The lowest BCUT2D eigenvalue weighted by atomic mass is 10.5. The topological polar surface area (TPSA) is 17.1 Å². The monoisotopic (exact) mass is 148 g/mol. The molecule has 34 valence electrons. The highest BCUT2D eigenvalue weighted by Gasteiger charge is 2.39. The first-order valence-corrected chi connectivity index (χ1v) is 2.71. The Morgan fingerprint density at radius 3 is 2.17 bits per heavy atom. The minimum atomic E-state index is -0.0764. The third kappa shape index (κ3) is 0.620. The molecule has 6 heavy (non-hydrogen) atoms. The molecule has 0 radical (unpaired) electrons. The number of hydrogen-bond acceptors (Lipinski definition) is 1. The van der Waals surface area contributed by atoms with Crippen molar-refractivity contribution in [3.63, 3.8) is 0 Å². The molecule has 0 aliphatic heterocycles. The molecule has 0 aromatic carbocycles. The Balaban J connectivity index is 2.47. The van der Waals surface area contributed by atoms with Gasteiger partial charge in [0.15, 0.2) is 0 Å². The van der Waals surface area contributed by atoms with Gasteiger partial charge in [-0.1, -0.05) is 15.9 Å². The van der Waals surface area contributed by atoms with Crippen molar-refractivity contribution in [2.45, 2.75) is 17.2 Å². The molecule has 1 saturated carbocycles. The molecule has 1 fully saturated rings. The molecule has 0 bridgehead atoms. The summed E-state index contributed by atoms with van der Waals surface area (Å²) in [6.45, 7) is 0. The quantitative estimate of drug-likeness (QED) is 0.403. The van der Waals surface area contributed by atoms with E-state index in [4.69, 9.17) is 0 Å². The summed E-state index contributed by atoms with van der Waals surface area (Å²) in [7, 11) is 0. The lowest BCUT2D eigenvalue weighted by Gasteiger charge is -1.82. The molecular weight excluding hydrogens is 144 g/mol. The van der Waals surface area contributed by atoms with E-state index in [9.17, 15) is 4.79 Å².